The number of rotatable bonds is 19. The monoisotopic (exact) mass is 1230 g/mol. The number of nitrogens with zero attached hydrogens (tertiary/aromatic N) is 2. The minimum Gasteiger partial charge on any atom is -0.493 e. The summed E-state index contributed by atoms with van der Waals surface area (Å²) in [5.74, 6) is 1.00. The SMILES string of the molecule is CCC1(COc2ccc(C3(c4ccccc4)c4ccccc4-c4ccc(N(c5ccc(-c6ccc(N(c7cccc(F)c7)c7ccc8c(c7)C(c7ccccc7)(c7ccc(OCC9(CC)COC9)cc7)c7ccccc7-8)cc6)cc5)c5cccc(F)c5)cc43)cc2)COC1. The van der Waals surface area contributed by atoms with Crippen molar-refractivity contribution in [1.82, 2.24) is 0 Å². The van der Waals surface area contributed by atoms with Gasteiger partial charge in [0.1, 0.15) is 23.1 Å². The number of halogens is 2. The van der Waals surface area contributed by atoms with Gasteiger partial charge >= 0.3 is 0 Å². The van der Waals surface area contributed by atoms with Gasteiger partial charge in [-0.3, -0.25) is 0 Å². The highest BCUT2D eigenvalue weighted by Gasteiger charge is 2.49. The van der Waals surface area contributed by atoms with Crippen molar-refractivity contribution in [1.29, 1.82) is 0 Å². The van der Waals surface area contributed by atoms with Crippen LogP contribution in [0.2, 0.25) is 0 Å². The van der Waals surface area contributed by atoms with Gasteiger partial charge in [0.15, 0.2) is 0 Å². The van der Waals surface area contributed by atoms with Crippen LogP contribution in [-0.2, 0) is 20.3 Å². The summed E-state index contributed by atoms with van der Waals surface area (Å²) in [5.41, 5.74) is 19.4. The van der Waals surface area contributed by atoms with Crippen LogP contribution in [0, 0.1) is 22.5 Å². The summed E-state index contributed by atoms with van der Waals surface area (Å²) in [6, 6.07) is 100. The zero-order chi connectivity index (χ0) is 63.4. The Kier molecular flexibility index (Phi) is 14.9. The molecule has 0 aromatic heterocycles. The van der Waals surface area contributed by atoms with E-state index >= 15 is 8.78 Å². The van der Waals surface area contributed by atoms with Crippen LogP contribution in [0.25, 0.3) is 33.4 Å². The smallest absolute Gasteiger partial charge is 0.125 e. The molecule has 16 rings (SSSR count). The lowest BCUT2D eigenvalue weighted by Gasteiger charge is -2.40. The standard InChI is InChI=1S/C86H70F2N2O4/c1-3-83(53-91-54-83)57-93-73-43-33-63(34-44-73)85(61-17-7-5-8-18-61)79-27-13-11-25-75(79)77-47-41-71(51-81(77)85)89(69-23-15-21-65(87)49-69)67-37-29-59(30-38-67)60-31-39-68(40-32-60)90(70-24-16-22-66(88)50-70)72-42-48-78-76-26-12-14-28-80(76)86(82(78)52-72,62-19-9-6-10-20-62)64-35-45-74(46-36-64)94-58-84(4-2)55-92-56-84/h5-52H,3-4,53-58H2,1-2H3. The predicted octanol–water partition coefficient (Wildman–Crippen LogP) is 20.9. The number of hydrogen-bond acceptors (Lipinski definition) is 6. The first-order valence-electron chi connectivity index (χ1n) is 32.7. The summed E-state index contributed by atoms with van der Waals surface area (Å²) in [7, 11) is 0. The van der Waals surface area contributed by atoms with Gasteiger partial charge in [-0.2, -0.15) is 0 Å². The van der Waals surface area contributed by atoms with Gasteiger partial charge in [-0.05, 0) is 200 Å². The zero-order valence-corrected chi connectivity index (χ0v) is 52.7. The Morgan fingerprint density at radius 2 is 0.660 bits per heavy atom. The summed E-state index contributed by atoms with van der Waals surface area (Å²) in [5, 5.41) is 0. The molecular formula is C86H70F2N2O4. The van der Waals surface area contributed by atoms with E-state index in [1.165, 1.54) is 34.4 Å². The topological polar surface area (TPSA) is 43.4 Å². The second kappa shape index (κ2) is 23.9. The molecule has 2 aliphatic heterocycles. The Bertz CT molecular complexity index is 4430. The average molecular weight is 1230 g/mol. The fraction of sp³-hybridized carbons (Fsp3) is 0.163. The second-order valence-corrected chi connectivity index (χ2v) is 25.8. The van der Waals surface area contributed by atoms with Crippen molar-refractivity contribution in [2.75, 3.05) is 49.4 Å². The van der Waals surface area contributed by atoms with Crippen molar-refractivity contribution in [2.24, 2.45) is 10.8 Å². The van der Waals surface area contributed by atoms with Gasteiger partial charge in [0.2, 0.25) is 0 Å². The van der Waals surface area contributed by atoms with Crippen molar-refractivity contribution in [3.63, 3.8) is 0 Å². The highest BCUT2D eigenvalue weighted by Crippen LogP contribution is 2.60. The minimum absolute atomic E-state index is 0.0495. The third kappa shape index (κ3) is 9.89. The van der Waals surface area contributed by atoms with Crippen molar-refractivity contribution in [2.45, 2.75) is 37.5 Å². The molecule has 2 fully saturated rings. The fourth-order valence-electron chi connectivity index (χ4n) is 15.1. The molecule has 0 bridgehead atoms. The fourth-order valence-corrected chi connectivity index (χ4v) is 15.1. The van der Waals surface area contributed by atoms with E-state index in [2.05, 4.69) is 266 Å². The lowest BCUT2D eigenvalue weighted by atomic mass is 9.67. The maximum Gasteiger partial charge on any atom is 0.125 e. The van der Waals surface area contributed by atoms with Crippen LogP contribution in [0.4, 0.5) is 42.9 Å². The maximum absolute atomic E-state index is 15.6. The molecule has 12 aromatic carbocycles. The summed E-state index contributed by atoms with van der Waals surface area (Å²) in [6.45, 7) is 8.50. The number of anilines is 6. The van der Waals surface area contributed by atoms with Crippen LogP contribution in [0.15, 0.2) is 291 Å². The molecule has 0 saturated carbocycles. The molecule has 462 valence electrons. The molecule has 6 nitrogen and oxygen atoms in total. The Labute approximate surface area is 548 Å². The number of fused-ring (bicyclic) bond motifs is 6. The summed E-state index contributed by atoms with van der Waals surface area (Å²) in [4.78, 5) is 4.30. The van der Waals surface area contributed by atoms with Crippen LogP contribution < -0.4 is 19.3 Å². The number of hydrogen-bond donors (Lipinski definition) is 0. The first kappa shape index (κ1) is 58.7. The second-order valence-electron chi connectivity index (χ2n) is 25.8. The van der Waals surface area contributed by atoms with E-state index in [1.54, 1.807) is 24.3 Å². The summed E-state index contributed by atoms with van der Waals surface area (Å²) >= 11 is 0. The minimum atomic E-state index is -0.700. The van der Waals surface area contributed by atoms with E-state index < -0.39 is 10.8 Å². The number of benzene rings is 12. The quantitative estimate of drug-likeness (QED) is 0.0804. The molecule has 2 heterocycles. The van der Waals surface area contributed by atoms with E-state index in [4.69, 9.17) is 18.9 Å². The molecule has 0 radical (unpaired) electrons. The first-order valence-corrected chi connectivity index (χ1v) is 32.7. The molecule has 94 heavy (non-hydrogen) atoms. The van der Waals surface area contributed by atoms with Crippen molar-refractivity contribution in [3.05, 3.63) is 347 Å². The van der Waals surface area contributed by atoms with E-state index in [9.17, 15) is 0 Å². The van der Waals surface area contributed by atoms with Gasteiger partial charge in [-0.15, -0.1) is 0 Å². The lowest BCUT2D eigenvalue weighted by Crippen LogP contribution is -2.46. The Hall–Kier alpha value is -10.4. The van der Waals surface area contributed by atoms with Gasteiger partial charge in [0, 0.05) is 34.1 Å². The van der Waals surface area contributed by atoms with Crippen LogP contribution in [0.1, 0.15) is 71.2 Å². The van der Waals surface area contributed by atoms with Crippen molar-refractivity contribution >= 4 is 34.1 Å². The Morgan fingerprint density at radius 3 is 1.02 bits per heavy atom. The van der Waals surface area contributed by atoms with Crippen LogP contribution >= 0.6 is 0 Å². The molecule has 0 N–H and O–H groups in total. The van der Waals surface area contributed by atoms with Crippen molar-refractivity contribution in [3.8, 4) is 44.9 Å². The van der Waals surface area contributed by atoms with Crippen LogP contribution in [0.5, 0.6) is 11.5 Å². The highest BCUT2D eigenvalue weighted by molar-refractivity contribution is 5.92. The molecule has 2 aliphatic carbocycles. The Balaban J connectivity index is 0.755. The van der Waals surface area contributed by atoms with Crippen LogP contribution in [-0.4, -0.2) is 39.6 Å². The molecule has 12 aromatic rings. The van der Waals surface area contributed by atoms with Gasteiger partial charge in [0.25, 0.3) is 0 Å². The Morgan fingerprint density at radius 1 is 0.319 bits per heavy atom. The molecule has 4 aliphatic rings. The normalized spacial score (nSPS) is 17.5. The molecule has 2 saturated heterocycles. The molecule has 8 heteroatoms. The molecule has 0 amide bonds. The van der Waals surface area contributed by atoms with Gasteiger partial charge in [-0.1, -0.05) is 196 Å². The maximum atomic E-state index is 15.6. The van der Waals surface area contributed by atoms with E-state index in [-0.39, 0.29) is 22.5 Å². The van der Waals surface area contributed by atoms with Gasteiger partial charge < -0.3 is 28.7 Å². The van der Waals surface area contributed by atoms with Crippen LogP contribution in [0.3, 0.4) is 0 Å². The molecule has 2 unspecified atom stereocenters. The largest absolute Gasteiger partial charge is 0.493 e. The average Bonchev–Trinajstić information content (AvgIpc) is 1.54. The van der Waals surface area contributed by atoms with Crippen molar-refractivity contribution < 1.29 is 27.7 Å². The van der Waals surface area contributed by atoms with E-state index in [0.29, 0.717) is 24.6 Å². The number of ether oxygens (including phenoxy) is 4. The predicted molar refractivity (Wildman–Crippen MR) is 374 cm³/mol. The van der Waals surface area contributed by atoms with E-state index in [0.717, 1.165) is 129 Å². The first-order chi connectivity index (χ1) is 46.2. The summed E-state index contributed by atoms with van der Waals surface area (Å²) in [6.07, 6.45) is 2.00. The highest BCUT2D eigenvalue weighted by atomic mass is 19.1. The van der Waals surface area contributed by atoms with Gasteiger partial charge in [0.05, 0.1) is 61.3 Å². The van der Waals surface area contributed by atoms with E-state index in [1.807, 2.05) is 12.1 Å². The molecule has 2 atom stereocenters. The lowest BCUT2D eigenvalue weighted by molar-refractivity contribution is -0.133. The third-order valence-corrected chi connectivity index (χ3v) is 20.5. The summed E-state index contributed by atoms with van der Waals surface area (Å²) < 4.78 is 55.5. The molecule has 0 spiro atoms. The van der Waals surface area contributed by atoms with Gasteiger partial charge in [-0.25, -0.2) is 8.78 Å². The molecular weight excluding hydrogens is 1160 g/mol. The third-order valence-electron chi connectivity index (χ3n) is 20.5. The zero-order valence-electron chi connectivity index (χ0n) is 52.7.